The van der Waals surface area contributed by atoms with Gasteiger partial charge in [-0.3, -0.25) is 19.4 Å². The molecule has 4 aliphatic rings. The molecule has 9 nitrogen and oxygen atoms in total. The van der Waals surface area contributed by atoms with E-state index in [9.17, 15) is 23.2 Å². The van der Waals surface area contributed by atoms with Crippen LogP contribution in [0.2, 0.25) is 0 Å². The average Bonchev–Trinajstić information content (AvgIpc) is 3.63. The minimum Gasteiger partial charge on any atom is -0.323 e. The van der Waals surface area contributed by atoms with Gasteiger partial charge in [-0.1, -0.05) is 18.9 Å². The van der Waals surface area contributed by atoms with Gasteiger partial charge in [-0.05, 0) is 54.7 Å². The summed E-state index contributed by atoms with van der Waals surface area (Å²) < 4.78 is 28.2. The molecule has 1 saturated heterocycles. The smallest absolute Gasteiger partial charge is 0.244 e. The molecule has 1 aromatic carbocycles. The summed E-state index contributed by atoms with van der Waals surface area (Å²) in [6.45, 7) is -0.00364. The van der Waals surface area contributed by atoms with Crippen molar-refractivity contribution >= 4 is 29.2 Å². The second kappa shape index (κ2) is 9.41. The van der Waals surface area contributed by atoms with Crippen molar-refractivity contribution in [1.82, 2.24) is 20.2 Å². The molecular formula is C30H28F2N6O3. The van der Waals surface area contributed by atoms with E-state index in [1.807, 2.05) is 18.2 Å². The van der Waals surface area contributed by atoms with Crippen LogP contribution in [0.5, 0.6) is 0 Å². The van der Waals surface area contributed by atoms with Crippen molar-refractivity contribution in [3.8, 4) is 0 Å². The van der Waals surface area contributed by atoms with E-state index < -0.39 is 34.5 Å². The van der Waals surface area contributed by atoms with Gasteiger partial charge >= 0.3 is 0 Å². The Morgan fingerprint density at radius 1 is 1.07 bits per heavy atom. The summed E-state index contributed by atoms with van der Waals surface area (Å²) in [6, 6.07) is 8.00. The molecule has 210 valence electrons. The summed E-state index contributed by atoms with van der Waals surface area (Å²) >= 11 is 0. The van der Waals surface area contributed by atoms with Gasteiger partial charge in [-0.15, -0.1) is 0 Å². The number of nitrogens with one attached hydrogen (secondary N) is 3. The molecule has 3 N–H and O–H groups in total. The van der Waals surface area contributed by atoms with Crippen LogP contribution in [0.25, 0.3) is 0 Å². The molecule has 4 heterocycles. The Bertz CT molecular complexity index is 1590. The Morgan fingerprint density at radius 2 is 1.85 bits per heavy atom. The van der Waals surface area contributed by atoms with Crippen molar-refractivity contribution in [3.63, 3.8) is 0 Å². The highest BCUT2D eigenvalue weighted by Gasteiger charge is 2.52. The summed E-state index contributed by atoms with van der Waals surface area (Å²) in [4.78, 5) is 50.4. The number of carbonyl (C=O) groups is 3. The van der Waals surface area contributed by atoms with Crippen LogP contribution < -0.4 is 16.0 Å². The molecule has 1 saturated carbocycles. The number of aromatic nitrogens is 2. The molecule has 41 heavy (non-hydrogen) atoms. The molecule has 1 unspecified atom stereocenters. The minimum absolute atomic E-state index is 0.118. The van der Waals surface area contributed by atoms with Crippen molar-refractivity contribution in [3.05, 3.63) is 82.8 Å². The second-order valence-corrected chi connectivity index (χ2v) is 11.5. The van der Waals surface area contributed by atoms with Crippen LogP contribution in [0.3, 0.4) is 0 Å². The van der Waals surface area contributed by atoms with Gasteiger partial charge in [0.25, 0.3) is 0 Å². The molecule has 7 rings (SSSR count). The first-order valence-electron chi connectivity index (χ1n) is 13.8. The van der Waals surface area contributed by atoms with Crippen molar-refractivity contribution in [2.24, 2.45) is 0 Å². The van der Waals surface area contributed by atoms with Gasteiger partial charge in [0.15, 0.2) is 0 Å². The van der Waals surface area contributed by atoms with Crippen LogP contribution in [0.1, 0.15) is 54.1 Å². The number of pyridine rings is 2. The highest BCUT2D eigenvalue weighted by Crippen LogP contribution is 2.46. The Kier molecular flexibility index (Phi) is 5.90. The lowest BCUT2D eigenvalue weighted by atomic mass is 9.80. The van der Waals surface area contributed by atoms with E-state index in [0.29, 0.717) is 37.2 Å². The number of rotatable bonds is 4. The number of nitrogens with zero attached hydrogens (tertiary/aromatic N) is 3. The molecule has 2 aromatic heterocycles. The van der Waals surface area contributed by atoms with Gasteiger partial charge in [0, 0.05) is 36.5 Å². The first-order valence-corrected chi connectivity index (χ1v) is 13.8. The molecule has 2 atom stereocenters. The predicted octanol–water partition coefficient (Wildman–Crippen LogP) is 3.17. The molecule has 0 radical (unpaired) electrons. The van der Waals surface area contributed by atoms with E-state index in [-0.39, 0.29) is 30.5 Å². The number of fused-ring (bicyclic) bond motifs is 3. The van der Waals surface area contributed by atoms with Crippen molar-refractivity contribution in [2.45, 2.75) is 55.5 Å². The minimum atomic E-state index is -0.780. The average molecular weight is 559 g/mol. The van der Waals surface area contributed by atoms with Crippen LogP contribution in [-0.4, -0.2) is 51.2 Å². The summed E-state index contributed by atoms with van der Waals surface area (Å²) in [5.41, 5.74) is 1.66. The number of carbonyl (C=O) groups excluding carboxylic acids is 3. The summed E-state index contributed by atoms with van der Waals surface area (Å²) in [5.74, 6) is -1.72. The summed E-state index contributed by atoms with van der Waals surface area (Å²) in [5, 5.41) is 9.05. The molecule has 2 fully saturated rings. The van der Waals surface area contributed by atoms with Gasteiger partial charge in [0.2, 0.25) is 17.7 Å². The summed E-state index contributed by atoms with van der Waals surface area (Å²) in [6.07, 6.45) is 7.12. The molecule has 2 spiro atoms. The third-order valence-electron chi connectivity index (χ3n) is 9.02. The fraction of sp³-hybridized carbons (Fsp3) is 0.367. The van der Waals surface area contributed by atoms with E-state index >= 15 is 0 Å². The number of piperazine rings is 1. The topological polar surface area (TPSA) is 116 Å². The molecule has 2 aliphatic heterocycles. The van der Waals surface area contributed by atoms with Crippen LogP contribution >= 0.6 is 0 Å². The Labute approximate surface area is 234 Å². The fourth-order valence-corrected chi connectivity index (χ4v) is 7.05. The van der Waals surface area contributed by atoms with Gasteiger partial charge in [-0.2, -0.15) is 0 Å². The van der Waals surface area contributed by atoms with E-state index in [4.69, 9.17) is 0 Å². The number of halogens is 2. The molecule has 3 aromatic rings. The van der Waals surface area contributed by atoms with E-state index in [1.165, 1.54) is 17.0 Å². The van der Waals surface area contributed by atoms with Crippen LogP contribution in [0.4, 0.5) is 20.3 Å². The number of hydrogen-bond donors (Lipinski definition) is 3. The quantitative estimate of drug-likeness (QED) is 0.453. The van der Waals surface area contributed by atoms with Gasteiger partial charge in [0.1, 0.15) is 24.0 Å². The fourth-order valence-electron chi connectivity index (χ4n) is 7.05. The Hall–Kier alpha value is -4.25. The van der Waals surface area contributed by atoms with Crippen LogP contribution in [0, 0.1) is 11.6 Å². The first kappa shape index (κ1) is 25.7. The largest absolute Gasteiger partial charge is 0.323 e. The van der Waals surface area contributed by atoms with Gasteiger partial charge in [0.05, 0.1) is 28.9 Å². The zero-order valence-corrected chi connectivity index (χ0v) is 22.2. The summed E-state index contributed by atoms with van der Waals surface area (Å²) in [7, 11) is 0. The maximum Gasteiger partial charge on any atom is 0.244 e. The second-order valence-electron chi connectivity index (χ2n) is 11.5. The lowest BCUT2D eigenvalue weighted by Gasteiger charge is -2.45. The SMILES string of the molecule is O=C(CN1C(=O)C2(CCCC2)NC[C@H]1c1cc(F)cc(F)c1)Nc1cnc2c(c1)CC1(C2)C(=O)Nc2ncccc21. The molecule has 0 bridgehead atoms. The number of benzene rings is 1. The van der Waals surface area contributed by atoms with Crippen LogP contribution in [-0.2, 0) is 32.6 Å². The molecular weight excluding hydrogens is 530 g/mol. The molecule has 2 aliphatic carbocycles. The van der Waals surface area contributed by atoms with Crippen molar-refractivity contribution in [2.75, 3.05) is 23.7 Å². The lowest BCUT2D eigenvalue weighted by molar-refractivity contribution is -0.147. The highest BCUT2D eigenvalue weighted by molar-refractivity contribution is 6.06. The van der Waals surface area contributed by atoms with Gasteiger partial charge < -0.3 is 20.9 Å². The first-order chi connectivity index (χ1) is 19.8. The van der Waals surface area contributed by atoms with Crippen molar-refractivity contribution < 1.29 is 23.2 Å². The number of anilines is 2. The third kappa shape index (κ3) is 4.18. The number of hydrogen-bond acceptors (Lipinski definition) is 6. The predicted molar refractivity (Wildman–Crippen MR) is 145 cm³/mol. The standard InChI is InChI=1S/C30H28F2N6O3/c31-19-8-17(9-20(32)11-19)24-15-35-30(5-1-2-6-30)28(41)38(24)16-25(39)36-21-10-18-12-29(13-23(18)34-14-21)22-4-3-7-33-26(22)37-27(29)40/h3-4,7-11,14,24,35H,1-2,5-6,12-13,15-16H2,(H,36,39)(H,33,37,40)/t24-,29?/m0/s1. The van der Waals surface area contributed by atoms with Gasteiger partial charge in [-0.25, -0.2) is 13.8 Å². The van der Waals surface area contributed by atoms with E-state index in [2.05, 4.69) is 25.9 Å². The number of amides is 3. The Morgan fingerprint density at radius 3 is 2.63 bits per heavy atom. The lowest BCUT2D eigenvalue weighted by Crippen LogP contribution is -2.64. The Balaban J connectivity index is 1.12. The maximum absolute atomic E-state index is 14.1. The zero-order chi connectivity index (χ0) is 28.4. The maximum atomic E-state index is 14.1. The van der Waals surface area contributed by atoms with E-state index in [0.717, 1.165) is 35.7 Å². The third-order valence-corrected chi connectivity index (χ3v) is 9.02. The van der Waals surface area contributed by atoms with Crippen molar-refractivity contribution in [1.29, 1.82) is 0 Å². The normalized spacial score (nSPS) is 24.0. The highest BCUT2D eigenvalue weighted by atomic mass is 19.1. The van der Waals surface area contributed by atoms with Crippen LogP contribution in [0.15, 0.2) is 48.8 Å². The molecule has 11 heteroatoms. The van der Waals surface area contributed by atoms with E-state index in [1.54, 1.807) is 12.4 Å². The monoisotopic (exact) mass is 558 g/mol. The zero-order valence-electron chi connectivity index (χ0n) is 22.2. The molecule has 3 amide bonds.